The number of carbonyl (C=O) groups excluding carboxylic acids is 1. The van der Waals surface area contributed by atoms with Gasteiger partial charge in [0.1, 0.15) is 0 Å². The van der Waals surface area contributed by atoms with Crippen LogP contribution in [-0.4, -0.2) is 50.5 Å². The molecular weight excluding hydrogens is 458 g/mol. The Kier molecular flexibility index (Phi) is 8.23. The van der Waals surface area contributed by atoms with Gasteiger partial charge in [-0.15, -0.1) is 0 Å². The maximum absolute atomic E-state index is 12.9. The van der Waals surface area contributed by atoms with Crippen LogP contribution in [0.15, 0.2) is 46.3 Å². The summed E-state index contributed by atoms with van der Waals surface area (Å²) in [6.45, 7) is 7.64. The Balaban J connectivity index is 1.96. The fourth-order valence-corrected chi connectivity index (χ4v) is 5.91. The van der Waals surface area contributed by atoms with Crippen molar-refractivity contribution in [1.29, 1.82) is 0 Å². The van der Waals surface area contributed by atoms with Gasteiger partial charge < -0.3 is 9.30 Å². The van der Waals surface area contributed by atoms with Crippen LogP contribution in [0.25, 0.3) is 10.2 Å². The minimum Gasteiger partial charge on any atom is -0.383 e. The van der Waals surface area contributed by atoms with Crippen LogP contribution in [0.1, 0.15) is 41.3 Å². The maximum Gasteiger partial charge on any atom is 0.279 e. The van der Waals surface area contributed by atoms with Crippen molar-refractivity contribution in [2.24, 2.45) is 4.99 Å². The van der Waals surface area contributed by atoms with Crippen LogP contribution >= 0.6 is 11.3 Å². The first kappa shape index (κ1) is 25.3. The zero-order valence-corrected chi connectivity index (χ0v) is 21.4. The highest BCUT2D eigenvalue weighted by molar-refractivity contribution is 7.89. The average Bonchev–Trinajstić information content (AvgIpc) is 3.13. The van der Waals surface area contributed by atoms with E-state index in [2.05, 4.69) is 24.0 Å². The highest BCUT2D eigenvalue weighted by Gasteiger charge is 2.20. The number of fused-ring (bicyclic) bond motifs is 1. The van der Waals surface area contributed by atoms with Crippen LogP contribution in [0.4, 0.5) is 0 Å². The van der Waals surface area contributed by atoms with Gasteiger partial charge >= 0.3 is 0 Å². The van der Waals surface area contributed by atoms with Crippen LogP contribution < -0.4 is 4.80 Å². The molecule has 0 N–H and O–H groups in total. The average molecular weight is 490 g/mol. The van der Waals surface area contributed by atoms with E-state index >= 15 is 0 Å². The monoisotopic (exact) mass is 489 g/mol. The lowest BCUT2D eigenvalue weighted by molar-refractivity contribution is 0.0997. The third-order valence-corrected chi connectivity index (χ3v) is 8.57. The number of rotatable bonds is 9. The van der Waals surface area contributed by atoms with Gasteiger partial charge in [-0.2, -0.15) is 4.99 Å². The molecule has 1 amide bonds. The Labute approximate surface area is 199 Å². The lowest BCUT2D eigenvalue weighted by atomic mass is 10.1. The van der Waals surface area contributed by atoms with Crippen molar-refractivity contribution in [2.45, 2.75) is 45.1 Å². The van der Waals surface area contributed by atoms with E-state index in [9.17, 15) is 13.2 Å². The molecule has 33 heavy (non-hydrogen) atoms. The van der Waals surface area contributed by atoms with Gasteiger partial charge in [0, 0.05) is 32.8 Å². The summed E-state index contributed by atoms with van der Waals surface area (Å²) in [7, 11) is -0.366. The molecule has 1 aromatic heterocycles. The quantitative estimate of drug-likeness (QED) is 0.453. The van der Waals surface area contributed by atoms with E-state index in [1.807, 2.05) is 18.4 Å². The number of sulfonamides is 1. The second-order valence-electron chi connectivity index (χ2n) is 8.08. The predicted molar refractivity (Wildman–Crippen MR) is 132 cm³/mol. The van der Waals surface area contributed by atoms with Crippen LogP contribution in [0.5, 0.6) is 0 Å². The molecule has 1 heterocycles. The third kappa shape index (κ3) is 5.60. The number of aryl methyl sites for hydroxylation is 2. The molecule has 0 radical (unpaired) electrons. The van der Waals surface area contributed by atoms with Crippen molar-refractivity contribution >= 4 is 37.5 Å². The summed E-state index contributed by atoms with van der Waals surface area (Å²) >= 11 is 1.47. The molecule has 0 bridgehead atoms. The van der Waals surface area contributed by atoms with E-state index in [0.29, 0.717) is 30.1 Å². The molecule has 0 aliphatic heterocycles. The largest absolute Gasteiger partial charge is 0.383 e. The van der Waals surface area contributed by atoms with Crippen molar-refractivity contribution in [3.05, 3.63) is 57.9 Å². The Bertz CT molecular complexity index is 1310. The van der Waals surface area contributed by atoms with Crippen molar-refractivity contribution in [3.8, 4) is 0 Å². The number of unbranched alkanes of at least 4 members (excludes halogenated alkanes) is 1. The predicted octanol–water partition coefficient (Wildman–Crippen LogP) is 4.13. The summed E-state index contributed by atoms with van der Waals surface area (Å²) in [6.07, 6.45) is 1.71. The fourth-order valence-electron chi connectivity index (χ4n) is 3.60. The van der Waals surface area contributed by atoms with Gasteiger partial charge in [-0.3, -0.25) is 4.79 Å². The van der Waals surface area contributed by atoms with E-state index in [-0.39, 0.29) is 4.90 Å². The first-order valence-electron chi connectivity index (χ1n) is 10.9. The third-order valence-electron chi connectivity index (χ3n) is 5.47. The molecule has 0 aliphatic rings. The van der Waals surface area contributed by atoms with Crippen LogP contribution in [0, 0.1) is 13.8 Å². The number of carbonyl (C=O) groups is 1. The molecule has 9 heteroatoms. The van der Waals surface area contributed by atoms with E-state index in [4.69, 9.17) is 4.74 Å². The molecular formula is C24H31N3O4S2. The summed E-state index contributed by atoms with van der Waals surface area (Å²) in [6, 6.07) is 10.2. The lowest BCUT2D eigenvalue weighted by Gasteiger charge is -2.16. The molecule has 3 aromatic rings. The van der Waals surface area contributed by atoms with Crippen LogP contribution in [-0.2, 0) is 21.3 Å². The van der Waals surface area contributed by atoms with Crippen molar-refractivity contribution in [2.75, 3.05) is 27.3 Å². The molecule has 0 unspecified atom stereocenters. The van der Waals surface area contributed by atoms with E-state index in [1.165, 1.54) is 39.9 Å². The zero-order chi connectivity index (χ0) is 24.2. The zero-order valence-electron chi connectivity index (χ0n) is 19.8. The molecule has 0 saturated carbocycles. The van der Waals surface area contributed by atoms with Gasteiger partial charge in [0.05, 0.1) is 21.7 Å². The van der Waals surface area contributed by atoms with E-state index in [0.717, 1.165) is 34.2 Å². The maximum atomic E-state index is 12.9. The molecule has 0 atom stereocenters. The van der Waals surface area contributed by atoms with Crippen LogP contribution in [0.3, 0.4) is 0 Å². The second kappa shape index (κ2) is 10.7. The first-order valence-corrected chi connectivity index (χ1v) is 13.2. The number of amides is 1. The summed E-state index contributed by atoms with van der Waals surface area (Å²) in [5.74, 6) is -0.412. The smallest absolute Gasteiger partial charge is 0.279 e. The molecule has 7 nitrogen and oxygen atoms in total. The summed E-state index contributed by atoms with van der Waals surface area (Å²) in [5.41, 5.74) is 3.64. The van der Waals surface area contributed by atoms with Crippen molar-refractivity contribution in [3.63, 3.8) is 0 Å². The highest BCUT2D eigenvalue weighted by atomic mass is 32.2. The van der Waals surface area contributed by atoms with Gasteiger partial charge in [-0.25, -0.2) is 12.7 Å². The minimum absolute atomic E-state index is 0.167. The molecule has 0 aliphatic carbocycles. The minimum atomic E-state index is -3.58. The Morgan fingerprint density at radius 3 is 2.52 bits per heavy atom. The number of nitrogens with zero attached hydrogens (tertiary/aromatic N) is 3. The van der Waals surface area contributed by atoms with Gasteiger partial charge in [0.15, 0.2) is 4.80 Å². The SMILES string of the molecule is CCCCN(C)S(=O)(=O)c1ccc(C(=O)N=c2sc3c(C)cc(C)cc3n2CCOC)cc1. The molecule has 2 aromatic carbocycles. The summed E-state index contributed by atoms with van der Waals surface area (Å²) in [5, 5.41) is 0. The van der Waals surface area contributed by atoms with Gasteiger partial charge in [0.2, 0.25) is 10.0 Å². The normalized spacial score (nSPS) is 12.7. The lowest BCUT2D eigenvalue weighted by Crippen LogP contribution is -2.27. The highest BCUT2D eigenvalue weighted by Crippen LogP contribution is 2.24. The molecule has 0 fully saturated rings. The summed E-state index contributed by atoms with van der Waals surface area (Å²) in [4.78, 5) is 18.1. The van der Waals surface area contributed by atoms with E-state index in [1.54, 1.807) is 14.2 Å². The fraction of sp³-hybridized carbons (Fsp3) is 0.417. The van der Waals surface area contributed by atoms with Crippen LogP contribution in [0.2, 0.25) is 0 Å². The first-order chi connectivity index (χ1) is 15.7. The van der Waals surface area contributed by atoms with Crippen molar-refractivity contribution in [1.82, 2.24) is 8.87 Å². The molecule has 0 spiro atoms. The van der Waals surface area contributed by atoms with Gasteiger partial charge in [-0.1, -0.05) is 30.7 Å². The number of benzene rings is 2. The number of aromatic nitrogens is 1. The van der Waals surface area contributed by atoms with Gasteiger partial charge in [-0.05, 0) is 61.7 Å². The topological polar surface area (TPSA) is 81.0 Å². The standard InChI is InChI=1S/C24H31N3O4S2/c1-6-7-12-26(4)33(29,30)20-10-8-19(9-11-20)23(28)25-24-27(13-14-31-5)21-16-17(2)15-18(3)22(21)32-24/h8-11,15-16H,6-7,12-14H2,1-5H3. The number of methoxy groups -OCH3 is 1. The number of hydrogen-bond donors (Lipinski definition) is 0. The van der Waals surface area contributed by atoms with Gasteiger partial charge in [0.25, 0.3) is 5.91 Å². The second-order valence-corrected chi connectivity index (χ2v) is 11.1. The Morgan fingerprint density at radius 2 is 1.88 bits per heavy atom. The molecule has 0 saturated heterocycles. The Hall–Kier alpha value is -2.33. The number of ether oxygens (including phenoxy) is 1. The Morgan fingerprint density at radius 1 is 1.18 bits per heavy atom. The molecule has 3 rings (SSSR count). The summed E-state index contributed by atoms with van der Waals surface area (Å²) < 4.78 is 35.1. The molecule has 178 valence electrons. The van der Waals surface area contributed by atoms with Crippen molar-refractivity contribution < 1.29 is 17.9 Å². The van der Waals surface area contributed by atoms with E-state index < -0.39 is 15.9 Å². The number of hydrogen-bond acceptors (Lipinski definition) is 5. The number of thiazole rings is 1.